The minimum atomic E-state index is -0.0123. The number of hydrogen-bond donors (Lipinski definition) is 0. The Morgan fingerprint density at radius 1 is 1.35 bits per heavy atom. The first-order valence-corrected chi connectivity index (χ1v) is 9.93. The van der Waals surface area contributed by atoms with Gasteiger partial charge in [-0.1, -0.05) is 26.5 Å². The lowest BCUT2D eigenvalue weighted by atomic mass is 9.75. The van der Waals surface area contributed by atoms with Crippen LogP contribution in [-0.4, -0.2) is 19.6 Å². The topological polar surface area (TPSA) is 29.5 Å². The molecule has 2 aromatic rings. The van der Waals surface area contributed by atoms with Crippen molar-refractivity contribution < 1.29 is 9.53 Å². The van der Waals surface area contributed by atoms with Gasteiger partial charge in [-0.15, -0.1) is 11.3 Å². The van der Waals surface area contributed by atoms with E-state index in [9.17, 15) is 4.79 Å². The van der Waals surface area contributed by atoms with Crippen molar-refractivity contribution in [1.29, 1.82) is 0 Å². The Balaban J connectivity index is 1.83. The van der Waals surface area contributed by atoms with Crippen LogP contribution in [0.25, 0.3) is 16.0 Å². The van der Waals surface area contributed by atoms with Crippen LogP contribution in [0.3, 0.4) is 0 Å². The van der Waals surface area contributed by atoms with Crippen LogP contribution in [0.2, 0.25) is 0 Å². The van der Waals surface area contributed by atoms with Crippen LogP contribution in [-0.2, 0) is 17.6 Å². The molecule has 2 aliphatic rings. The summed E-state index contributed by atoms with van der Waals surface area (Å²) in [6, 6.07) is 6.17. The van der Waals surface area contributed by atoms with Gasteiger partial charge in [0.05, 0.1) is 5.69 Å². The highest BCUT2D eigenvalue weighted by atomic mass is 32.1. The number of likely N-dealkylation sites (N-methyl/N-ethyl adjacent to an activating group) is 1. The SMILES string of the molecule is C=C(C)c1c(-c2ccc3c(c2)OCC(=O)N3C)sc2c1CC(C)(C)CC2. The molecular weight excluding hydrogens is 342 g/mol. The monoisotopic (exact) mass is 367 g/mol. The molecule has 4 heteroatoms. The van der Waals surface area contributed by atoms with Crippen molar-refractivity contribution >= 4 is 28.5 Å². The molecule has 0 bridgehead atoms. The molecule has 0 unspecified atom stereocenters. The number of carbonyl (C=O) groups excluding carboxylic acids is 1. The Morgan fingerprint density at radius 3 is 2.85 bits per heavy atom. The van der Waals surface area contributed by atoms with E-state index in [-0.39, 0.29) is 12.5 Å². The molecule has 0 N–H and O–H groups in total. The molecule has 0 fully saturated rings. The third kappa shape index (κ3) is 2.77. The van der Waals surface area contributed by atoms with Gasteiger partial charge in [-0.05, 0) is 66.0 Å². The number of amides is 1. The molecule has 4 rings (SSSR count). The minimum Gasteiger partial charge on any atom is -0.482 e. The lowest BCUT2D eigenvalue weighted by molar-refractivity contribution is -0.120. The number of carbonyl (C=O) groups is 1. The smallest absolute Gasteiger partial charge is 0.264 e. The lowest BCUT2D eigenvalue weighted by Gasteiger charge is -2.30. The second-order valence-electron chi connectivity index (χ2n) is 8.25. The number of benzene rings is 1. The number of ether oxygens (including phenoxy) is 1. The zero-order chi connectivity index (χ0) is 18.6. The van der Waals surface area contributed by atoms with Crippen molar-refractivity contribution in [2.45, 2.75) is 40.0 Å². The number of hydrogen-bond acceptors (Lipinski definition) is 3. The summed E-state index contributed by atoms with van der Waals surface area (Å²) in [6.45, 7) is 11.2. The lowest BCUT2D eigenvalue weighted by Crippen LogP contribution is -2.35. The molecule has 0 saturated carbocycles. The summed E-state index contributed by atoms with van der Waals surface area (Å²) in [7, 11) is 1.80. The Labute approximate surface area is 159 Å². The van der Waals surface area contributed by atoms with Crippen LogP contribution in [0.5, 0.6) is 5.75 Å². The largest absolute Gasteiger partial charge is 0.482 e. The predicted molar refractivity (Wildman–Crippen MR) is 109 cm³/mol. The Bertz CT molecular complexity index is 922. The molecule has 1 amide bonds. The van der Waals surface area contributed by atoms with E-state index in [1.54, 1.807) is 11.9 Å². The van der Waals surface area contributed by atoms with Gasteiger partial charge in [0.25, 0.3) is 5.91 Å². The van der Waals surface area contributed by atoms with E-state index in [4.69, 9.17) is 4.74 Å². The van der Waals surface area contributed by atoms with E-state index in [1.165, 1.54) is 27.3 Å². The maximum Gasteiger partial charge on any atom is 0.264 e. The number of aryl methyl sites for hydroxylation is 1. The van der Waals surface area contributed by atoms with Crippen molar-refractivity contribution in [3.63, 3.8) is 0 Å². The quantitative estimate of drug-likeness (QED) is 0.719. The fourth-order valence-electron chi connectivity index (χ4n) is 3.99. The number of allylic oxidation sites excluding steroid dienone is 1. The average molecular weight is 368 g/mol. The van der Waals surface area contributed by atoms with Gasteiger partial charge >= 0.3 is 0 Å². The van der Waals surface area contributed by atoms with Crippen molar-refractivity contribution in [3.05, 3.63) is 40.8 Å². The van der Waals surface area contributed by atoms with Crippen molar-refractivity contribution in [2.75, 3.05) is 18.6 Å². The molecule has 0 saturated heterocycles. The Hall–Kier alpha value is -2.07. The van der Waals surface area contributed by atoms with Crippen LogP contribution in [0, 0.1) is 5.41 Å². The van der Waals surface area contributed by atoms with E-state index in [2.05, 4.69) is 39.5 Å². The maximum atomic E-state index is 11.8. The molecular formula is C22H25NO2S. The molecule has 0 spiro atoms. The predicted octanol–water partition coefficient (Wildman–Crippen LogP) is 5.32. The molecule has 0 radical (unpaired) electrons. The standard InChI is InChI=1S/C22H25NO2S/c1-13(2)20-15-11-22(3,4)9-8-18(15)26-21(20)14-6-7-16-17(10-14)25-12-19(24)23(16)5/h6-7,10H,1,8-9,11-12H2,2-5H3. The highest BCUT2D eigenvalue weighted by Gasteiger charge is 2.31. The maximum absolute atomic E-state index is 11.8. The van der Waals surface area contributed by atoms with Gasteiger partial charge in [0.1, 0.15) is 5.75 Å². The second kappa shape index (κ2) is 5.98. The molecule has 0 atom stereocenters. The summed E-state index contributed by atoms with van der Waals surface area (Å²) < 4.78 is 5.69. The van der Waals surface area contributed by atoms with Crippen molar-refractivity contribution in [3.8, 4) is 16.2 Å². The second-order valence-corrected chi connectivity index (χ2v) is 9.36. The van der Waals surface area contributed by atoms with Gasteiger partial charge in [-0.2, -0.15) is 0 Å². The molecule has 1 aliphatic heterocycles. The zero-order valence-electron chi connectivity index (χ0n) is 15.9. The van der Waals surface area contributed by atoms with Crippen LogP contribution in [0.15, 0.2) is 24.8 Å². The van der Waals surface area contributed by atoms with Crippen LogP contribution in [0.4, 0.5) is 5.69 Å². The van der Waals surface area contributed by atoms with Gasteiger partial charge in [0.15, 0.2) is 6.61 Å². The van der Waals surface area contributed by atoms with E-state index >= 15 is 0 Å². The number of fused-ring (bicyclic) bond motifs is 2. The Kier molecular flexibility index (Phi) is 3.99. The zero-order valence-corrected chi connectivity index (χ0v) is 16.8. The minimum absolute atomic E-state index is 0.0123. The number of thiophene rings is 1. The fraction of sp³-hybridized carbons (Fsp3) is 0.409. The third-order valence-corrected chi connectivity index (χ3v) is 6.85. The van der Waals surface area contributed by atoms with Gasteiger partial charge in [0.2, 0.25) is 0 Å². The highest BCUT2D eigenvalue weighted by Crippen LogP contribution is 2.48. The summed E-state index contributed by atoms with van der Waals surface area (Å²) in [6.07, 6.45) is 3.49. The number of nitrogens with zero attached hydrogens (tertiary/aromatic N) is 1. The summed E-state index contributed by atoms with van der Waals surface area (Å²) in [4.78, 5) is 16.3. The first-order valence-electron chi connectivity index (χ1n) is 9.11. The van der Waals surface area contributed by atoms with E-state index in [1.807, 2.05) is 17.4 Å². The summed E-state index contributed by atoms with van der Waals surface area (Å²) >= 11 is 1.90. The third-order valence-electron chi connectivity index (χ3n) is 5.51. The summed E-state index contributed by atoms with van der Waals surface area (Å²) in [5.74, 6) is 0.769. The van der Waals surface area contributed by atoms with Gasteiger partial charge < -0.3 is 9.64 Å². The highest BCUT2D eigenvalue weighted by molar-refractivity contribution is 7.16. The molecule has 1 aromatic heterocycles. The van der Waals surface area contributed by atoms with Crippen LogP contribution in [0.1, 0.15) is 43.2 Å². The van der Waals surface area contributed by atoms with Crippen LogP contribution < -0.4 is 9.64 Å². The molecule has 136 valence electrons. The van der Waals surface area contributed by atoms with E-state index < -0.39 is 0 Å². The first kappa shape index (κ1) is 17.3. The van der Waals surface area contributed by atoms with E-state index in [0.717, 1.165) is 35.4 Å². The molecule has 1 aliphatic carbocycles. The van der Waals surface area contributed by atoms with E-state index in [0.29, 0.717) is 5.41 Å². The van der Waals surface area contributed by atoms with Crippen LogP contribution >= 0.6 is 11.3 Å². The summed E-state index contributed by atoms with van der Waals surface area (Å²) in [5.41, 5.74) is 6.27. The number of anilines is 1. The molecule has 2 heterocycles. The van der Waals surface area contributed by atoms with Gasteiger partial charge in [-0.3, -0.25) is 4.79 Å². The molecule has 1 aromatic carbocycles. The summed E-state index contributed by atoms with van der Waals surface area (Å²) in [5, 5.41) is 0. The van der Waals surface area contributed by atoms with Crippen molar-refractivity contribution in [2.24, 2.45) is 5.41 Å². The number of rotatable bonds is 2. The molecule has 3 nitrogen and oxygen atoms in total. The van der Waals surface area contributed by atoms with Gasteiger partial charge in [-0.25, -0.2) is 0 Å². The normalized spacial score (nSPS) is 18.2. The molecule has 26 heavy (non-hydrogen) atoms. The average Bonchev–Trinajstić information content (AvgIpc) is 2.95. The fourth-order valence-corrected chi connectivity index (χ4v) is 5.39. The van der Waals surface area contributed by atoms with Crippen molar-refractivity contribution in [1.82, 2.24) is 0 Å². The Morgan fingerprint density at radius 2 is 2.12 bits per heavy atom. The first-order chi connectivity index (χ1) is 12.3. The van der Waals surface area contributed by atoms with Gasteiger partial charge in [0, 0.05) is 16.8 Å².